The van der Waals surface area contributed by atoms with Crippen molar-refractivity contribution in [1.82, 2.24) is 10.6 Å². The van der Waals surface area contributed by atoms with Gasteiger partial charge in [-0.1, -0.05) is 6.08 Å². The van der Waals surface area contributed by atoms with Crippen LogP contribution in [0, 0.1) is 5.92 Å². The van der Waals surface area contributed by atoms with Crippen LogP contribution in [0.1, 0.15) is 6.92 Å². The van der Waals surface area contributed by atoms with Crippen molar-refractivity contribution in [3.8, 4) is 0 Å². The minimum absolute atomic E-state index is 0.0641. The monoisotopic (exact) mass is 869 g/mol. The highest BCUT2D eigenvalue weighted by molar-refractivity contribution is 5.78. The van der Waals surface area contributed by atoms with Crippen molar-refractivity contribution < 1.29 is 85.7 Å². The van der Waals surface area contributed by atoms with Gasteiger partial charge in [0.1, 0.15) is 67.1 Å². The predicted octanol–water partition coefficient (Wildman–Crippen LogP) is -2.04. The Hall–Kier alpha value is -1.55. The van der Waals surface area contributed by atoms with Crippen LogP contribution in [0.2, 0.25) is 0 Å². The third-order valence-electron chi connectivity index (χ3n) is 11.8. The maximum Gasteiger partial charge on any atom is 0.235 e. The number of amides is 1. The fraction of sp³-hybridized carbons (Fsp3) is 0.923. The number of nitrogens with two attached hydrogens (primary N) is 1. The number of carbonyl (C=O) groups is 1. The summed E-state index contributed by atoms with van der Waals surface area (Å²) in [5, 5.41) is 16.7. The standard InChI is InChI=1S/C39H71N3O18/c1-19-26(41-22-13-20(16-45-2)21(15-43)27(48-5)28(22)49-6)31(50-7)35(54-11)38(56-19)59-30-24(18-47-4)58-39(36(55-12)33(30)52-9)60-29-23(17-46-3)57-37(42-25(44)14-40)34(53-10)32(29)51-8/h13,19,21-24,26-39,41,43H,14-18,40H2,1-12H3,(H,42,44)/t19?,21-,22+,23?,24?,26-,27-,28?,29-,30-,31-,32-,33-,34?,35?,36?,37?,38-,39-/m0/s1. The van der Waals surface area contributed by atoms with Crippen LogP contribution in [-0.4, -0.2) is 232 Å². The van der Waals surface area contributed by atoms with Crippen LogP contribution in [0.25, 0.3) is 0 Å². The molecule has 8 unspecified atom stereocenters. The van der Waals surface area contributed by atoms with E-state index < -0.39 is 110 Å². The summed E-state index contributed by atoms with van der Waals surface area (Å²) >= 11 is 0. The van der Waals surface area contributed by atoms with Gasteiger partial charge in [-0.3, -0.25) is 4.79 Å². The van der Waals surface area contributed by atoms with E-state index in [-0.39, 0.29) is 38.3 Å². The lowest BCUT2D eigenvalue weighted by Gasteiger charge is -2.51. The lowest BCUT2D eigenvalue weighted by Crippen LogP contribution is -2.70. The predicted molar refractivity (Wildman–Crippen MR) is 210 cm³/mol. The molecule has 3 aliphatic heterocycles. The van der Waals surface area contributed by atoms with E-state index in [1.165, 1.54) is 35.5 Å². The van der Waals surface area contributed by atoms with Crippen molar-refractivity contribution >= 4 is 5.91 Å². The molecule has 0 spiro atoms. The van der Waals surface area contributed by atoms with Gasteiger partial charge in [0.05, 0.1) is 57.3 Å². The van der Waals surface area contributed by atoms with E-state index in [1.54, 1.807) is 42.7 Å². The Bertz CT molecular complexity index is 1290. The summed E-state index contributed by atoms with van der Waals surface area (Å²) in [5.74, 6) is -0.757. The van der Waals surface area contributed by atoms with E-state index in [9.17, 15) is 9.90 Å². The first-order chi connectivity index (χ1) is 29.0. The second-order valence-corrected chi connectivity index (χ2v) is 15.0. The maximum absolute atomic E-state index is 12.3. The summed E-state index contributed by atoms with van der Waals surface area (Å²) in [6, 6.07) is -0.811. The van der Waals surface area contributed by atoms with E-state index in [2.05, 4.69) is 10.6 Å². The molecule has 0 aromatic heterocycles. The van der Waals surface area contributed by atoms with Crippen LogP contribution in [0.3, 0.4) is 0 Å². The Morgan fingerprint density at radius 2 is 1.13 bits per heavy atom. The Balaban J connectivity index is 1.60. The van der Waals surface area contributed by atoms with Crippen LogP contribution in [0.4, 0.5) is 0 Å². The number of aliphatic hydroxyl groups is 1. The zero-order valence-corrected chi connectivity index (χ0v) is 37.0. The summed E-state index contributed by atoms with van der Waals surface area (Å²) in [4.78, 5) is 12.3. The average Bonchev–Trinajstić information content (AvgIpc) is 3.25. The summed E-state index contributed by atoms with van der Waals surface area (Å²) in [6.07, 6.45) is -10.2. The van der Waals surface area contributed by atoms with Crippen LogP contribution in [0.5, 0.6) is 0 Å². The van der Waals surface area contributed by atoms with E-state index in [4.69, 9.17) is 81.5 Å². The highest BCUT2D eigenvalue weighted by atomic mass is 16.8. The van der Waals surface area contributed by atoms with Crippen molar-refractivity contribution in [3.63, 3.8) is 0 Å². The molecule has 350 valence electrons. The van der Waals surface area contributed by atoms with E-state index in [0.717, 1.165) is 5.57 Å². The second-order valence-electron chi connectivity index (χ2n) is 15.0. The maximum atomic E-state index is 12.3. The van der Waals surface area contributed by atoms with Gasteiger partial charge in [0.25, 0.3) is 0 Å². The first kappa shape index (κ1) is 51.1. The van der Waals surface area contributed by atoms with Gasteiger partial charge in [0.15, 0.2) is 18.8 Å². The van der Waals surface area contributed by atoms with Gasteiger partial charge >= 0.3 is 0 Å². The van der Waals surface area contributed by atoms with Crippen LogP contribution >= 0.6 is 0 Å². The average molecular weight is 870 g/mol. The highest BCUT2D eigenvalue weighted by Crippen LogP contribution is 2.37. The molecule has 3 fully saturated rings. The van der Waals surface area contributed by atoms with Crippen molar-refractivity contribution in [3.05, 3.63) is 11.6 Å². The molecule has 0 saturated carbocycles. The second kappa shape index (κ2) is 25.1. The molecular formula is C39H71N3O18. The van der Waals surface area contributed by atoms with E-state index in [0.29, 0.717) is 6.61 Å². The summed E-state index contributed by atoms with van der Waals surface area (Å²) in [7, 11) is 17.0. The molecule has 21 nitrogen and oxygen atoms in total. The number of carbonyl (C=O) groups excluding carboxylic acids is 1. The summed E-state index contributed by atoms with van der Waals surface area (Å²) in [6.45, 7) is 1.97. The fourth-order valence-electron chi connectivity index (χ4n) is 8.96. The fourth-order valence-corrected chi connectivity index (χ4v) is 8.96. The number of aliphatic hydroxyl groups excluding tert-OH is 1. The molecule has 60 heavy (non-hydrogen) atoms. The Morgan fingerprint density at radius 3 is 1.62 bits per heavy atom. The Morgan fingerprint density at radius 1 is 0.633 bits per heavy atom. The van der Waals surface area contributed by atoms with Crippen LogP contribution in [-0.2, 0) is 80.6 Å². The van der Waals surface area contributed by atoms with Gasteiger partial charge < -0.3 is 97.3 Å². The number of hydrogen-bond donors (Lipinski definition) is 4. The van der Waals surface area contributed by atoms with Crippen molar-refractivity contribution in [1.29, 1.82) is 0 Å². The molecule has 19 atom stereocenters. The third-order valence-corrected chi connectivity index (χ3v) is 11.8. The first-order valence-corrected chi connectivity index (χ1v) is 20.1. The molecule has 4 rings (SSSR count). The van der Waals surface area contributed by atoms with E-state index in [1.807, 2.05) is 13.0 Å². The van der Waals surface area contributed by atoms with Gasteiger partial charge in [-0.05, 0) is 12.5 Å². The van der Waals surface area contributed by atoms with Crippen molar-refractivity contribution in [2.75, 3.05) is 111 Å². The van der Waals surface area contributed by atoms with Crippen molar-refractivity contribution in [2.24, 2.45) is 11.7 Å². The molecule has 0 aromatic carbocycles. The quantitative estimate of drug-likeness (QED) is 0.0810. The van der Waals surface area contributed by atoms with Gasteiger partial charge in [0.2, 0.25) is 5.91 Å². The molecule has 0 aromatic rings. The normalized spacial score (nSPS) is 41.2. The van der Waals surface area contributed by atoms with E-state index >= 15 is 0 Å². The first-order valence-electron chi connectivity index (χ1n) is 20.1. The molecule has 1 aliphatic carbocycles. The Labute approximate surface area is 353 Å². The highest BCUT2D eigenvalue weighted by Gasteiger charge is 2.56. The van der Waals surface area contributed by atoms with Crippen molar-refractivity contribution in [2.45, 2.75) is 117 Å². The van der Waals surface area contributed by atoms with Gasteiger partial charge in [-0.15, -0.1) is 0 Å². The molecule has 1 amide bonds. The third kappa shape index (κ3) is 11.4. The minimum atomic E-state index is -1.08. The minimum Gasteiger partial charge on any atom is -0.396 e. The Kier molecular flexibility index (Phi) is 21.3. The largest absolute Gasteiger partial charge is 0.396 e. The molecule has 3 heterocycles. The molecule has 3 saturated heterocycles. The number of ether oxygens (including phenoxy) is 16. The molecule has 4 aliphatic rings. The van der Waals surface area contributed by atoms with Gasteiger partial charge in [-0.25, -0.2) is 0 Å². The lowest BCUT2D eigenvalue weighted by molar-refractivity contribution is -0.375. The SMILES string of the molecule is COCC1=C[C@@H](N[C@H]2C(C)O[C@@H](O[C@H]3C(COC)O[C@@H](O[C@H]4C(COC)OC(NC(=O)CN)C(OC)[C@H]4OC)C(OC)[C@H]3OC)C(OC)[C@H]2OC)C(OC)[C@@H](OC)[C@H]1CO. The number of nitrogens with one attached hydrogen (secondary N) is 2. The summed E-state index contributed by atoms with van der Waals surface area (Å²) < 4.78 is 97.5. The van der Waals surface area contributed by atoms with Crippen LogP contribution in [0.15, 0.2) is 11.6 Å². The van der Waals surface area contributed by atoms with Gasteiger partial charge in [0, 0.05) is 84.1 Å². The molecule has 21 heteroatoms. The number of methoxy groups -OCH3 is 11. The molecule has 0 bridgehead atoms. The number of rotatable bonds is 23. The topological polar surface area (TPSA) is 235 Å². The molecule has 0 radical (unpaired) electrons. The zero-order chi connectivity index (χ0) is 44.1. The smallest absolute Gasteiger partial charge is 0.235 e. The molecule has 5 N–H and O–H groups in total. The van der Waals surface area contributed by atoms with Crippen LogP contribution < -0.4 is 16.4 Å². The summed E-state index contributed by atoms with van der Waals surface area (Å²) in [5.41, 5.74) is 6.45. The molecular weight excluding hydrogens is 798 g/mol. The lowest BCUT2D eigenvalue weighted by atomic mass is 9.80. The zero-order valence-electron chi connectivity index (χ0n) is 37.0. The number of hydrogen-bond acceptors (Lipinski definition) is 20. The van der Waals surface area contributed by atoms with Gasteiger partial charge in [-0.2, -0.15) is 0 Å².